The van der Waals surface area contributed by atoms with Crippen LogP contribution in [0, 0.1) is 6.92 Å². The van der Waals surface area contributed by atoms with Crippen molar-refractivity contribution in [3.63, 3.8) is 0 Å². The second-order valence-electron chi connectivity index (χ2n) is 6.84. The van der Waals surface area contributed by atoms with E-state index < -0.39 is 0 Å². The quantitative estimate of drug-likeness (QED) is 0.807. The lowest BCUT2D eigenvalue weighted by Crippen LogP contribution is -2.40. The third-order valence-corrected chi connectivity index (χ3v) is 5.27. The van der Waals surface area contributed by atoms with E-state index in [1.165, 1.54) is 0 Å². The normalized spacial score (nSPS) is 20.3. The van der Waals surface area contributed by atoms with Crippen LogP contribution in [0.25, 0.3) is 10.9 Å². The van der Waals surface area contributed by atoms with Crippen LogP contribution in [0.3, 0.4) is 0 Å². The molecule has 0 bridgehead atoms. The molecule has 1 atom stereocenters. The van der Waals surface area contributed by atoms with Crippen LogP contribution in [-0.4, -0.2) is 35.0 Å². The number of aryl methyl sites for hydroxylation is 1. The van der Waals surface area contributed by atoms with E-state index in [1.807, 2.05) is 60.2 Å². The molecule has 2 amide bonds. The lowest BCUT2D eigenvalue weighted by atomic mass is 10.1. The zero-order valence-electron chi connectivity index (χ0n) is 15.1. The Morgan fingerprint density at radius 1 is 1.19 bits per heavy atom. The largest absolute Gasteiger partial charge is 0.383 e. The lowest BCUT2D eigenvalue weighted by Gasteiger charge is -2.29. The fourth-order valence-electron chi connectivity index (χ4n) is 3.78. The molecule has 1 unspecified atom stereocenters. The van der Waals surface area contributed by atoms with Crippen LogP contribution in [0.4, 0.5) is 10.5 Å². The molecular weight excluding hydrogens is 348 g/mol. The fourth-order valence-corrected chi connectivity index (χ4v) is 4.03. The highest BCUT2D eigenvalue weighted by Crippen LogP contribution is 2.30. The topological polar surface area (TPSA) is 48.5 Å². The number of pyridine rings is 1. The Balaban J connectivity index is 1.69. The third-order valence-electron chi connectivity index (χ3n) is 5.07. The number of benzene rings is 1. The number of nitrogens with one attached hydrogen (secondary N) is 1. The standard InChI is InChI=1S/C20H21ClN4O/c1-12-6-7-22-14(3)19(12)25-9-8-24(20(25)26)15-4-5-17-16(11-15)13(2)10-18(21)23-17/h4-7,10-11,14,22H,8-9H2,1-3H3. The van der Waals surface area contributed by atoms with Gasteiger partial charge in [-0.2, -0.15) is 0 Å². The maximum absolute atomic E-state index is 13.1. The molecule has 5 nitrogen and oxygen atoms in total. The van der Waals surface area contributed by atoms with Crippen LogP contribution in [0.15, 0.2) is 47.8 Å². The molecule has 2 aliphatic heterocycles. The molecule has 1 aromatic carbocycles. The minimum absolute atomic E-state index is 0.0159. The van der Waals surface area contributed by atoms with Gasteiger partial charge in [0.05, 0.1) is 11.6 Å². The summed E-state index contributed by atoms with van der Waals surface area (Å²) in [7, 11) is 0. The van der Waals surface area contributed by atoms with Crippen LogP contribution in [0.5, 0.6) is 0 Å². The van der Waals surface area contributed by atoms with Gasteiger partial charge in [0.2, 0.25) is 0 Å². The van der Waals surface area contributed by atoms with Gasteiger partial charge in [0.25, 0.3) is 0 Å². The average Bonchev–Trinajstić information content (AvgIpc) is 2.96. The molecule has 3 heterocycles. The van der Waals surface area contributed by atoms with E-state index in [0.29, 0.717) is 18.2 Å². The van der Waals surface area contributed by atoms with E-state index in [1.54, 1.807) is 0 Å². The van der Waals surface area contributed by atoms with Gasteiger partial charge in [-0.3, -0.25) is 9.80 Å². The minimum atomic E-state index is 0.0159. The Morgan fingerprint density at radius 2 is 1.96 bits per heavy atom. The molecule has 1 aromatic heterocycles. The minimum Gasteiger partial charge on any atom is -0.383 e. The Hall–Kier alpha value is -2.53. The summed E-state index contributed by atoms with van der Waals surface area (Å²) in [5.41, 5.74) is 4.96. The summed E-state index contributed by atoms with van der Waals surface area (Å²) in [6, 6.07) is 7.88. The Labute approximate surface area is 157 Å². The van der Waals surface area contributed by atoms with Crippen molar-refractivity contribution >= 4 is 34.2 Å². The number of dihydropyridines is 1. The third kappa shape index (κ3) is 2.72. The van der Waals surface area contributed by atoms with E-state index >= 15 is 0 Å². The van der Waals surface area contributed by atoms with E-state index in [2.05, 4.69) is 17.2 Å². The van der Waals surface area contributed by atoms with Crippen LogP contribution >= 0.6 is 11.6 Å². The van der Waals surface area contributed by atoms with Gasteiger partial charge in [0.1, 0.15) is 5.15 Å². The smallest absolute Gasteiger partial charge is 0.328 e. The first-order chi connectivity index (χ1) is 12.5. The highest BCUT2D eigenvalue weighted by Gasteiger charge is 2.34. The predicted octanol–water partition coefficient (Wildman–Crippen LogP) is 4.22. The number of carbonyl (C=O) groups is 1. The zero-order valence-corrected chi connectivity index (χ0v) is 15.8. The number of urea groups is 1. The van der Waals surface area contributed by atoms with E-state index in [4.69, 9.17) is 11.6 Å². The van der Waals surface area contributed by atoms with Gasteiger partial charge in [-0.15, -0.1) is 0 Å². The zero-order chi connectivity index (χ0) is 18.4. The van der Waals surface area contributed by atoms with Gasteiger partial charge >= 0.3 is 6.03 Å². The highest BCUT2D eigenvalue weighted by molar-refractivity contribution is 6.30. The molecule has 1 saturated heterocycles. The number of halogens is 1. The number of aromatic nitrogens is 1. The molecule has 0 aliphatic carbocycles. The summed E-state index contributed by atoms with van der Waals surface area (Å²) >= 11 is 6.05. The molecule has 6 heteroatoms. The number of anilines is 1. The molecule has 0 saturated carbocycles. The number of rotatable bonds is 2. The highest BCUT2D eigenvalue weighted by atomic mass is 35.5. The van der Waals surface area contributed by atoms with Crippen molar-refractivity contribution in [3.05, 3.63) is 58.5 Å². The van der Waals surface area contributed by atoms with Crippen molar-refractivity contribution in [1.82, 2.24) is 15.2 Å². The Bertz CT molecular complexity index is 966. The second-order valence-corrected chi connectivity index (χ2v) is 7.23. The van der Waals surface area contributed by atoms with E-state index in [0.717, 1.165) is 33.4 Å². The summed E-state index contributed by atoms with van der Waals surface area (Å²) < 4.78 is 0. The molecule has 134 valence electrons. The van der Waals surface area contributed by atoms with Gasteiger partial charge in [-0.1, -0.05) is 11.6 Å². The summed E-state index contributed by atoms with van der Waals surface area (Å²) in [6.45, 7) is 7.48. The van der Waals surface area contributed by atoms with Gasteiger partial charge in [0, 0.05) is 29.9 Å². The Morgan fingerprint density at radius 3 is 2.73 bits per heavy atom. The molecule has 4 rings (SSSR count). The maximum Gasteiger partial charge on any atom is 0.328 e. The van der Waals surface area contributed by atoms with Crippen molar-refractivity contribution < 1.29 is 4.79 Å². The van der Waals surface area contributed by atoms with Crippen molar-refractivity contribution in [2.24, 2.45) is 0 Å². The van der Waals surface area contributed by atoms with Crippen LogP contribution in [-0.2, 0) is 0 Å². The molecule has 26 heavy (non-hydrogen) atoms. The lowest BCUT2D eigenvalue weighted by molar-refractivity contribution is 0.227. The Kier molecular flexibility index (Phi) is 4.11. The van der Waals surface area contributed by atoms with Gasteiger partial charge in [-0.25, -0.2) is 9.78 Å². The van der Waals surface area contributed by atoms with E-state index in [9.17, 15) is 4.79 Å². The number of allylic oxidation sites excluding steroid dienone is 2. The molecule has 0 radical (unpaired) electrons. The molecule has 0 spiro atoms. The summed E-state index contributed by atoms with van der Waals surface area (Å²) in [6.07, 6.45) is 3.95. The van der Waals surface area contributed by atoms with Gasteiger partial charge in [0.15, 0.2) is 0 Å². The predicted molar refractivity (Wildman–Crippen MR) is 105 cm³/mol. The second kappa shape index (κ2) is 6.32. The fraction of sp³-hybridized carbons (Fsp3) is 0.300. The van der Waals surface area contributed by atoms with Gasteiger partial charge in [-0.05, 0) is 68.4 Å². The number of carbonyl (C=O) groups excluding carboxylic acids is 1. The first-order valence-electron chi connectivity index (χ1n) is 8.75. The number of hydrogen-bond acceptors (Lipinski definition) is 3. The monoisotopic (exact) mass is 368 g/mol. The van der Waals surface area contributed by atoms with Crippen molar-refractivity contribution in [3.8, 4) is 0 Å². The summed E-state index contributed by atoms with van der Waals surface area (Å²) in [5.74, 6) is 0. The summed E-state index contributed by atoms with van der Waals surface area (Å²) in [4.78, 5) is 21.2. The van der Waals surface area contributed by atoms with Crippen molar-refractivity contribution in [1.29, 1.82) is 0 Å². The summed E-state index contributed by atoms with van der Waals surface area (Å²) in [5, 5.41) is 4.78. The molecule has 1 N–H and O–H groups in total. The average molecular weight is 369 g/mol. The van der Waals surface area contributed by atoms with Crippen LogP contribution < -0.4 is 10.2 Å². The first-order valence-corrected chi connectivity index (χ1v) is 9.13. The van der Waals surface area contributed by atoms with Crippen molar-refractivity contribution in [2.45, 2.75) is 26.8 Å². The maximum atomic E-state index is 13.1. The molecular formula is C20H21ClN4O. The SMILES string of the molecule is CC1=C(N2CCN(c3ccc4nc(Cl)cc(C)c4c3)C2=O)C(C)NC=C1. The van der Waals surface area contributed by atoms with Crippen LogP contribution in [0.1, 0.15) is 19.4 Å². The van der Waals surface area contributed by atoms with Crippen LogP contribution in [0.2, 0.25) is 5.15 Å². The number of hydrogen-bond donors (Lipinski definition) is 1. The number of fused-ring (bicyclic) bond motifs is 1. The molecule has 2 aliphatic rings. The molecule has 2 aromatic rings. The van der Waals surface area contributed by atoms with Gasteiger partial charge < -0.3 is 5.32 Å². The van der Waals surface area contributed by atoms with Crippen molar-refractivity contribution in [2.75, 3.05) is 18.0 Å². The number of nitrogens with zero attached hydrogens (tertiary/aromatic N) is 3. The van der Waals surface area contributed by atoms with E-state index in [-0.39, 0.29) is 12.1 Å². The number of amides is 2. The molecule has 1 fully saturated rings. The first kappa shape index (κ1) is 16.9.